The van der Waals surface area contributed by atoms with E-state index in [0.717, 1.165) is 42.1 Å². The van der Waals surface area contributed by atoms with Crippen LogP contribution in [0.1, 0.15) is 23.6 Å². The number of hydrogen-bond acceptors (Lipinski definition) is 4. The highest BCUT2D eigenvalue weighted by molar-refractivity contribution is 5.97. The average molecular weight is 456 g/mol. The summed E-state index contributed by atoms with van der Waals surface area (Å²) < 4.78 is 79.9. The molecule has 1 unspecified atom stereocenters. The van der Waals surface area contributed by atoms with Crippen molar-refractivity contribution in [1.82, 2.24) is 9.55 Å². The van der Waals surface area contributed by atoms with Crippen LogP contribution in [0, 0.1) is 11.3 Å². The predicted octanol–water partition coefficient (Wildman–Crippen LogP) is 4.34. The summed E-state index contributed by atoms with van der Waals surface area (Å²) in [5, 5.41) is 21.5. The summed E-state index contributed by atoms with van der Waals surface area (Å²) in [6.45, 7) is 0.523. The van der Waals surface area contributed by atoms with Gasteiger partial charge in [-0.2, -0.15) is 31.6 Å². The monoisotopic (exact) mass is 456 g/mol. The van der Waals surface area contributed by atoms with Gasteiger partial charge in [0.05, 0.1) is 41.1 Å². The van der Waals surface area contributed by atoms with Crippen LogP contribution in [0.25, 0.3) is 11.0 Å². The minimum absolute atomic E-state index is 0.00521. The number of fused-ring (bicyclic) bond motifs is 1. The van der Waals surface area contributed by atoms with E-state index in [9.17, 15) is 36.2 Å². The van der Waals surface area contributed by atoms with Crippen LogP contribution in [0.2, 0.25) is 0 Å². The van der Waals surface area contributed by atoms with Crippen molar-refractivity contribution in [2.75, 3.05) is 5.32 Å². The molecule has 0 spiro atoms. The summed E-state index contributed by atoms with van der Waals surface area (Å²) in [7, 11) is 0. The van der Waals surface area contributed by atoms with E-state index in [4.69, 9.17) is 5.26 Å². The molecule has 168 valence electrons. The number of alkyl halides is 6. The molecule has 32 heavy (non-hydrogen) atoms. The number of amides is 1. The minimum Gasteiger partial charge on any atom is -0.378 e. The fourth-order valence-electron chi connectivity index (χ4n) is 3.07. The molecule has 6 nitrogen and oxygen atoms in total. The second-order valence-electron chi connectivity index (χ2n) is 7.14. The van der Waals surface area contributed by atoms with Gasteiger partial charge in [0.25, 0.3) is 5.91 Å². The molecule has 3 aromatic rings. The lowest BCUT2D eigenvalue weighted by Crippen LogP contribution is -2.43. The molecule has 0 bridgehead atoms. The van der Waals surface area contributed by atoms with E-state index < -0.39 is 47.1 Å². The Kier molecular flexibility index (Phi) is 5.65. The van der Waals surface area contributed by atoms with Crippen molar-refractivity contribution < 1.29 is 36.2 Å². The molecule has 3 rings (SSSR count). The zero-order valence-electron chi connectivity index (χ0n) is 16.2. The Morgan fingerprint density at radius 2 is 1.78 bits per heavy atom. The predicted molar refractivity (Wildman–Crippen MR) is 100 cm³/mol. The smallest absolute Gasteiger partial charge is 0.378 e. The molecule has 0 aliphatic rings. The molecule has 1 amide bonds. The van der Waals surface area contributed by atoms with Crippen molar-refractivity contribution in [3.05, 3.63) is 59.4 Å². The van der Waals surface area contributed by atoms with E-state index in [1.54, 1.807) is 0 Å². The van der Waals surface area contributed by atoms with E-state index in [0.29, 0.717) is 6.07 Å². The number of nitrogens with zero attached hydrogens (tertiary/aromatic N) is 3. The lowest BCUT2D eigenvalue weighted by Gasteiger charge is -2.23. The van der Waals surface area contributed by atoms with Crippen LogP contribution in [0.5, 0.6) is 0 Å². The van der Waals surface area contributed by atoms with Gasteiger partial charge in [0.1, 0.15) is 5.52 Å². The Labute approximate surface area is 176 Å². The van der Waals surface area contributed by atoms with E-state index in [-0.39, 0.29) is 16.7 Å². The number of rotatable bonds is 4. The molecule has 12 heteroatoms. The van der Waals surface area contributed by atoms with E-state index in [2.05, 4.69) is 10.3 Å². The van der Waals surface area contributed by atoms with Gasteiger partial charge in [0.15, 0.2) is 5.60 Å². The van der Waals surface area contributed by atoms with Crippen molar-refractivity contribution >= 4 is 22.6 Å². The Hall–Kier alpha value is -3.59. The van der Waals surface area contributed by atoms with E-state index in [1.807, 2.05) is 0 Å². The summed E-state index contributed by atoms with van der Waals surface area (Å²) in [4.78, 5) is 16.2. The maximum Gasteiger partial charge on any atom is 0.418 e. The first-order valence-electron chi connectivity index (χ1n) is 8.90. The number of para-hydroxylation sites is 1. The minimum atomic E-state index is -4.85. The van der Waals surface area contributed by atoms with Gasteiger partial charge in [-0.3, -0.25) is 4.79 Å². The summed E-state index contributed by atoms with van der Waals surface area (Å²) in [5.74, 6) is -1.11. The molecule has 1 aromatic heterocycles. The Morgan fingerprint density at radius 3 is 2.38 bits per heavy atom. The second kappa shape index (κ2) is 7.83. The maximum atomic E-state index is 13.1. The molecule has 1 heterocycles. The SMILES string of the molecule is CC(O)(Cn1cnc2c(C(F)(F)F)cccc21)C(=O)Nc1ccc(C#N)c(C(F)(F)F)c1. The van der Waals surface area contributed by atoms with E-state index in [1.165, 1.54) is 12.1 Å². The Bertz CT molecular complexity index is 1220. The molecule has 0 radical (unpaired) electrons. The average Bonchev–Trinajstić information content (AvgIpc) is 3.08. The number of anilines is 1. The highest BCUT2D eigenvalue weighted by Crippen LogP contribution is 2.35. The molecule has 0 aliphatic heterocycles. The van der Waals surface area contributed by atoms with Crippen molar-refractivity contribution in [2.45, 2.75) is 31.4 Å². The van der Waals surface area contributed by atoms with Crippen molar-refractivity contribution in [3.8, 4) is 6.07 Å². The lowest BCUT2D eigenvalue weighted by atomic mass is 10.0. The third-order valence-electron chi connectivity index (χ3n) is 4.63. The molecule has 0 aliphatic carbocycles. The molecule has 0 saturated heterocycles. The van der Waals surface area contributed by atoms with Gasteiger partial charge in [-0.1, -0.05) is 6.07 Å². The summed E-state index contributed by atoms with van der Waals surface area (Å²) >= 11 is 0. The first-order valence-corrected chi connectivity index (χ1v) is 8.90. The number of aromatic nitrogens is 2. The number of carbonyl (C=O) groups excluding carboxylic acids is 1. The number of imidazole rings is 1. The van der Waals surface area contributed by atoms with Crippen molar-refractivity contribution in [1.29, 1.82) is 5.26 Å². The molecule has 2 aromatic carbocycles. The molecule has 0 saturated carbocycles. The zero-order valence-corrected chi connectivity index (χ0v) is 16.2. The van der Waals surface area contributed by atoms with Gasteiger partial charge in [-0.05, 0) is 37.3 Å². The first kappa shape index (κ1) is 23.1. The molecule has 2 N–H and O–H groups in total. The van der Waals surface area contributed by atoms with Crippen LogP contribution in [-0.2, 0) is 23.7 Å². The van der Waals surface area contributed by atoms with Crippen LogP contribution in [0.3, 0.4) is 0 Å². The fraction of sp³-hybridized carbons (Fsp3) is 0.250. The second-order valence-corrected chi connectivity index (χ2v) is 7.14. The number of hydrogen-bond donors (Lipinski definition) is 2. The van der Waals surface area contributed by atoms with Gasteiger partial charge < -0.3 is 15.0 Å². The van der Waals surface area contributed by atoms with Gasteiger partial charge in [0, 0.05) is 5.69 Å². The summed E-state index contributed by atoms with van der Waals surface area (Å²) in [5.41, 5.74) is -5.82. The maximum absolute atomic E-state index is 13.1. The van der Waals surface area contributed by atoms with Crippen molar-refractivity contribution in [2.24, 2.45) is 0 Å². The number of benzene rings is 2. The quantitative estimate of drug-likeness (QED) is 0.572. The van der Waals surface area contributed by atoms with Gasteiger partial charge in [-0.15, -0.1) is 0 Å². The molecule has 0 fully saturated rings. The van der Waals surface area contributed by atoms with Crippen molar-refractivity contribution in [3.63, 3.8) is 0 Å². The number of nitrogens with one attached hydrogen (secondary N) is 1. The Balaban J connectivity index is 1.87. The van der Waals surface area contributed by atoms with Gasteiger partial charge in [0.2, 0.25) is 0 Å². The van der Waals surface area contributed by atoms with Gasteiger partial charge >= 0.3 is 12.4 Å². The van der Waals surface area contributed by atoms with Crippen LogP contribution < -0.4 is 5.32 Å². The standard InChI is InChI=1S/C20H14F6N4O2/c1-18(32,9-30-10-28-16-13(19(21,22)23)3-2-4-15(16)30)17(31)29-12-6-5-11(8-27)14(7-12)20(24,25)26/h2-7,10,32H,9H2,1H3,(H,29,31). The highest BCUT2D eigenvalue weighted by Gasteiger charge is 2.37. The van der Waals surface area contributed by atoms with Crippen LogP contribution in [0.4, 0.5) is 32.0 Å². The highest BCUT2D eigenvalue weighted by atomic mass is 19.4. The molecular formula is C20H14F6N4O2. The van der Waals surface area contributed by atoms with Gasteiger partial charge in [-0.25, -0.2) is 4.98 Å². The zero-order chi connectivity index (χ0) is 23.9. The van der Waals surface area contributed by atoms with E-state index >= 15 is 0 Å². The lowest BCUT2D eigenvalue weighted by molar-refractivity contribution is -0.138. The van der Waals surface area contributed by atoms with Crippen LogP contribution >= 0.6 is 0 Å². The third-order valence-corrected chi connectivity index (χ3v) is 4.63. The molecule has 1 atom stereocenters. The Morgan fingerprint density at radius 1 is 1.12 bits per heavy atom. The number of carbonyl (C=O) groups is 1. The fourth-order valence-corrected chi connectivity index (χ4v) is 3.07. The molecular weight excluding hydrogens is 442 g/mol. The topological polar surface area (TPSA) is 90.9 Å². The number of aliphatic hydroxyl groups is 1. The third kappa shape index (κ3) is 4.52. The van der Waals surface area contributed by atoms with Crippen LogP contribution in [-0.4, -0.2) is 26.2 Å². The normalized spacial score (nSPS) is 14.1. The summed E-state index contributed by atoms with van der Waals surface area (Å²) in [6, 6.07) is 7.19. The number of halogens is 6. The summed E-state index contributed by atoms with van der Waals surface area (Å²) in [6.07, 6.45) is -8.49. The largest absolute Gasteiger partial charge is 0.418 e. The van der Waals surface area contributed by atoms with Crippen LogP contribution in [0.15, 0.2) is 42.7 Å². The first-order chi connectivity index (χ1) is 14.7. The number of nitriles is 1.